The number of para-hydroxylation sites is 1. The quantitative estimate of drug-likeness (QED) is 0.814. The average molecular weight is 306 g/mol. The maximum atomic E-state index is 12.6. The van der Waals surface area contributed by atoms with Crippen LogP contribution in [0.5, 0.6) is 0 Å². The number of aryl methyl sites for hydroxylation is 1. The number of rotatable bonds is 4. The minimum Gasteiger partial charge on any atom is -0.376 e. The minimum atomic E-state index is -2.41. The highest BCUT2D eigenvalue weighted by Gasteiger charge is 2.22. The van der Waals surface area contributed by atoms with Crippen LogP contribution in [0.1, 0.15) is 30.1 Å². The molecule has 2 nitrogen and oxygen atoms in total. The molecule has 0 saturated heterocycles. The van der Waals surface area contributed by atoms with Gasteiger partial charge in [0.15, 0.2) is 0 Å². The van der Waals surface area contributed by atoms with Gasteiger partial charge < -0.3 is 5.32 Å². The van der Waals surface area contributed by atoms with Crippen molar-refractivity contribution in [3.05, 3.63) is 53.9 Å². The summed E-state index contributed by atoms with van der Waals surface area (Å²) in [6, 6.07) is 11.3. The Labute approximate surface area is 127 Å². The summed E-state index contributed by atoms with van der Waals surface area (Å²) in [4.78, 5) is 5.05. The number of nitrogens with one attached hydrogen (secondary N) is 1. The van der Waals surface area contributed by atoms with Crippen LogP contribution in [0.15, 0.2) is 47.5 Å². The van der Waals surface area contributed by atoms with Gasteiger partial charge in [-0.25, -0.2) is 0 Å². The van der Waals surface area contributed by atoms with Crippen LogP contribution in [-0.4, -0.2) is 10.7 Å². The van der Waals surface area contributed by atoms with E-state index in [1.54, 1.807) is 18.3 Å². The number of benzene rings is 1. The molecule has 1 heterocycles. The summed E-state index contributed by atoms with van der Waals surface area (Å²) in [7, 11) is 0. The second kappa shape index (κ2) is 6.43. The van der Waals surface area contributed by atoms with Crippen LogP contribution in [0.4, 0.5) is 14.5 Å². The normalized spacial score (nSPS) is 17.6. The number of hydrogen-bond acceptors (Lipinski definition) is 3. The standard InChI is InChI=1S/C16H16F2N2S/c17-16(18)21-14-9-2-1-7-12(14)20-13-8-3-5-11-6-4-10-19-15(11)13/h1-2,4,6-7,9-10,13,16,20H,3,5,8H2. The van der Waals surface area contributed by atoms with Crippen molar-refractivity contribution < 1.29 is 8.78 Å². The van der Waals surface area contributed by atoms with E-state index in [4.69, 9.17) is 0 Å². The van der Waals surface area contributed by atoms with Crippen molar-refractivity contribution in [2.45, 2.75) is 36.0 Å². The first-order valence-corrected chi connectivity index (χ1v) is 7.86. The maximum absolute atomic E-state index is 12.6. The predicted molar refractivity (Wildman–Crippen MR) is 81.8 cm³/mol. The number of pyridine rings is 1. The number of nitrogens with zero attached hydrogens (tertiary/aromatic N) is 1. The summed E-state index contributed by atoms with van der Waals surface area (Å²) in [5.41, 5.74) is 3.05. The van der Waals surface area contributed by atoms with Gasteiger partial charge >= 0.3 is 0 Å². The molecule has 2 aromatic rings. The lowest BCUT2D eigenvalue weighted by molar-refractivity contribution is 0.252. The minimum absolute atomic E-state index is 0.0920. The zero-order valence-electron chi connectivity index (χ0n) is 11.4. The second-order valence-corrected chi connectivity index (χ2v) is 6.04. The predicted octanol–water partition coefficient (Wildman–Crippen LogP) is 4.89. The molecule has 0 aliphatic heterocycles. The molecule has 110 valence electrons. The van der Waals surface area contributed by atoms with Crippen LogP contribution < -0.4 is 5.32 Å². The molecule has 1 aliphatic rings. The lowest BCUT2D eigenvalue weighted by Gasteiger charge is -2.26. The Bertz CT molecular complexity index is 619. The van der Waals surface area contributed by atoms with Gasteiger partial charge in [-0.2, -0.15) is 8.78 Å². The van der Waals surface area contributed by atoms with Crippen molar-refractivity contribution in [3.63, 3.8) is 0 Å². The van der Waals surface area contributed by atoms with E-state index in [1.807, 2.05) is 18.2 Å². The van der Waals surface area contributed by atoms with E-state index in [-0.39, 0.29) is 6.04 Å². The molecule has 1 atom stereocenters. The molecule has 0 saturated carbocycles. The Morgan fingerprint density at radius 2 is 2.05 bits per heavy atom. The van der Waals surface area contributed by atoms with Crippen molar-refractivity contribution in [3.8, 4) is 0 Å². The number of aromatic nitrogens is 1. The van der Waals surface area contributed by atoms with E-state index in [0.717, 1.165) is 30.6 Å². The van der Waals surface area contributed by atoms with Crippen LogP contribution in [0.3, 0.4) is 0 Å². The smallest absolute Gasteiger partial charge is 0.288 e. The zero-order chi connectivity index (χ0) is 14.7. The summed E-state index contributed by atoms with van der Waals surface area (Å²) < 4.78 is 25.3. The van der Waals surface area contributed by atoms with E-state index in [2.05, 4.69) is 16.4 Å². The average Bonchev–Trinajstić information content (AvgIpc) is 2.49. The largest absolute Gasteiger partial charge is 0.376 e. The lowest BCUT2D eigenvalue weighted by Crippen LogP contribution is -2.19. The van der Waals surface area contributed by atoms with Crippen molar-refractivity contribution in [1.29, 1.82) is 0 Å². The number of halogens is 2. The molecule has 0 fully saturated rings. The highest BCUT2D eigenvalue weighted by molar-refractivity contribution is 7.99. The molecule has 0 bridgehead atoms. The van der Waals surface area contributed by atoms with Crippen LogP contribution >= 0.6 is 11.8 Å². The molecular weight excluding hydrogens is 290 g/mol. The molecular formula is C16H16F2N2S. The molecule has 1 N–H and O–H groups in total. The van der Waals surface area contributed by atoms with Gasteiger partial charge in [0.25, 0.3) is 5.76 Å². The SMILES string of the molecule is FC(F)Sc1ccccc1NC1CCCc2cccnc21. The molecule has 0 amide bonds. The highest BCUT2D eigenvalue weighted by Crippen LogP contribution is 2.36. The fraction of sp³-hybridized carbons (Fsp3) is 0.312. The summed E-state index contributed by atoms with van der Waals surface area (Å²) in [5, 5.41) is 3.39. The van der Waals surface area contributed by atoms with Crippen molar-refractivity contribution in [2.75, 3.05) is 5.32 Å². The van der Waals surface area contributed by atoms with Gasteiger partial charge in [-0.1, -0.05) is 30.0 Å². The third kappa shape index (κ3) is 3.35. The van der Waals surface area contributed by atoms with Crippen LogP contribution in [0.25, 0.3) is 0 Å². The molecule has 1 unspecified atom stereocenters. The third-order valence-corrected chi connectivity index (χ3v) is 4.42. The Kier molecular flexibility index (Phi) is 4.39. The molecule has 0 radical (unpaired) electrons. The van der Waals surface area contributed by atoms with Gasteiger partial charge in [-0.15, -0.1) is 0 Å². The first kappa shape index (κ1) is 14.3. The molecule has 21 heavy (non-hydrogen) atoms. The third-order valence-electron chi connectivity index (χ3n) is 3.63. The van der Waals surface area contributed by atoms with E-state index < -0.39 is 5.76 Å². The Balaban J connectivity index is 1.85. The Morgan fingerprint density at radius 1 is 1.19 bits per heavy atom. The van der Waals surface area contributed by atoms with Crippen molar-refractivity contribution >= 4 is 17.4 Å². The van der Waals surface area contributed by atoms with E-state index in [0.29, 0.717) is 16.7 Å². The van der Waals surface area contributed by atoms with Gasteiger partial charge in [-0.3, -0.25) is 4.98 Å². The van der Waals surface area contributed by atoms with E-state index in [9.17, 15) is 8.78 Å². The second-order valence-electron chi connectivity index (χ2n) is 5.01. The van der Waals surface area contributed by atoms with Gasteiger partial charge in [0.1, 0.15) is 0 Å². The monoisotopic (exact) mass is 306 g/mol. The summed E-state index contributed by atoms with van der Waals surface area (Å²) in [5.74, 6) is -2.41. The first-order valence-electron chi connectivity index (χ1n) is 6.98. The zero-order valence-corrected chi connectivity index (χ0v) is 12.2. The summed E-state index contributed by atoms with van der Waals surface area (Å²) in [6.07, 6.45) is 4.88. The number of alkyl halides is 2. The molecule has 5 heteroatoms. The van der Waals surface area contributed by atoms with Gasteiger partial charge in [0, 0.05) is 16.8 Å². The van der Waals surface area contributed by atoms with Crippen LogP contribution in [0.2, 0.25) is 0 Å². The summed E-state index contributed by atoms with van der Waals surface area (Å²) in [6.45, 7) is 0. The van der Waals surface area contributed by atoms with Crippen LogP contribution in [0, 0.1) is 0 Å². The molecule has 0 spiro atoms. The molecule has 1 aromatic carbocycles. The first-order chi connectivity index (χ1) is 10.2. The molecule has 1 aromatic heterocycles. The fourth-order valence-corrected chi connectivity index (χ4v) is 3.33. The van der Waals surface area contributed by atoms with Crippen LogP contribution in [-0.2, 0) is 6.42 Å². The van der Waals surface area contributed by atoms with Gasteiger partial charge in [0.2, 0.25) is 0 Å². The van der Waals surface area contributed by atoms with E-state index >= 15 is 0 Å². The van der Waals surface area contributed by atoms with Crippen molar-refractivity contribution in [1.82, 2.24) is 4.98 Å². The van der Waals surface area contributed by atoms with Gasteiger partial charge in [0.05, 0.1) is 11.7 Å². The number of anilines is 1. The van der Waals surface area contributed by atoms with E-state index in [1.165, 1.54) is 5.56 Å². The lowest BCUT2D eigenvalue weighted by atomic mass is 9.92. The number of hydrogen-bond donors (Lipinski definition) is 1. The highest BCUT2D eigenvalue weighted by atomic mass is 32.2. The summed E-state index contributed by atoms with van der Waals surface area (Å²) >= 11 is 0.579. The topological polar surface area (TPSA) is 24.9 Å². The number of thioether (sulfide) groups is 1. The molecule has 3 rings (SSSR count). The molecule has 1 aliphatic carbocycles. The maximum Gasteiger partial charge on any atom is 0.288 e. The fourth-order valence-electron chi connectivity index (χ4n) is 2.72. The van der Waals surface area contributed by atoms with Gasteiger partial charge in [-0.05, 0) is 43.0 Å². The Hall–Kier alpha value is -1.62. The van der Waals surface area contributed by atoms with Crippen molar-refractivity contribution in [2.24, 2.45) is 0 Å². The number of fused-ring (bicyclic) bond motifs is 1. The Morgan fingerprint density at radius 3 is 2.90 bits per heavy atom.